The van der Waals surface area contributed by atoms with E-state index < -0.39 is 10.0 Å². The average molecular weight is 404 g/mol. The third kappa shape index (κ3) is 2.92. The fourth-order valence-corrected chi connectivity index (χ4v) is 4.37. The van der Waals surface area contributed by atoms with Crippen LogP contribution in [0.15, 0.2) is 71.9 Å². The Balaban J connectivity index is 1.49. The van der Waals surface area contributed by atoms with E-state index in [-0.39, 0.29) is 4.90 Å². The van der Waals surface area contributed by atoms with Gasteiger partial charge in [-0.05, 0) is 24.3 Å². The largest absolute Gasteiger partial charge is 0.277 e. The third-order valence-corrected chi connectivity index (χ3v) is 6.12. The molecule has 5 aromatic rings. The first-order valence-corrected chi connectivity index (χ1v) is 10.3. The molecule has 0 saturated heterocycles. The van der Waals surface area contributed by atoms with Gasteiger partial charge in [0.05, 0.1) is 28.6 Å². The number of anilines is 1. The van der Waals surface area contributed by atoms with Crippen molar-refractivity contribution in [2.75, 3.05) is 4.72 Å². The minimum absolute atomic E-state index is 0.0697. The summed E-state index contributed by atoms with van der Waals surface area (Å²) in [5.41, 5.74) is 3.34. The highest BCUT2D eigenvalue weighted by molar-refractivity contribution is 7.92. The number of hydrogen-bond acceptors (Lipinski definition) is 5. The molecule has 0 saturated carbocycles. The predicted octanol–water partition coefficient (Wildman–Crippen LogP) is 3.31. The number of pyridine rings is 1. The van der Waals surface area contributed by atoms with Crippen molar-refractivity contribution in [3.8, 4) is 11.4 Å². The summed E-state index contributed by atoms with van der Waals surface area (Å²) in [6.07, 6.45) is 3.03. The number of hydrogen-bond donors (Lipinski definition) is 2. The molecule has 3 heterocycles. The molecule has 0 amide bonds. The van der Waals surface area contributed by atoms with E-state index in [4.69, 9.17) is 0 Å². The predicted molar refractivity (Wildman–Crippen MR) is 111 cm³/mol. The summed E-state index contributed by atoms with van der Waals surface area (Å²) in [7, 11) is -2.04. The highest BCUT2D eigenvalue weighted by atomic mass is 32.2. The molecule has 0 radical (unpaired) electrons. The number of sulfonamides is 1. The van der Waals surface area contributed by atoms with Gasteiger partial charge in [0.25, 0.3) is 10.0 Å². The van der Waals surface area contributed by atoms with Gasteiger partial charge in [0.15, 0.2) is 0 Å². The molecule has 3 aromatic heterocycles. The van der Waals surface area contributed by atoms with Gasteiger partial charge >= 0.3 is 0 Å². The van der Waals surface area contributed by atoms with Crippen molar-refractivity contribution in [2.24, 2.45) is 7.05 Å². The first-order chi connectivity index (χ1) is 14.0. The Hall–Kier alpha value is -3.72. The molecule has 144 valence electrons. The second kappa shape index (κ2) is 6.42. The van der Waals surface area contributed by atoms with Crippen LogP contribution in [0.2, 0.25) is 0 Å². The molecule has 2 aromatic carbocycles. The lowest BCUT2D eigenvalue weighted by Crippen LogP contribution is -2.14. The molecule has 0 unspecified atom stereocenters. The molecular formula is C20H16N6O2S. The van der Waals surface area contributed by atoms with Crippen LogP contribution in [0.25, 0.3) is 33.2 Å². The van der Waals surface area contributed by atoms with Crippen LogP contribution in [0, 0.1) is 0 Å². The van der Waals surface area contributed by atoms with E-state index in [0.717, 1.165) is 16.3 Å². The maximum Gasteiger partial charge on any atom is 0.263 e. The summed E-state index contributed by atoms with van der Waals surface area (Å²) in [5, 5.41) is 13.2. The molecule has 0 bridgehead atoms. The number of aryl methyl sites for hydroxylation is 1. The first kappa shape index (κ1) is 17.4. The molecule has 0 aliphatic rings. The fraction of sp³-hybridized carbons (Fsp3) is 0.0500. The zero-order valence-electron chi connectivity index (χ0n) is 15.4. The van der Waals surface area contributed by atoms with Crippen LogP contribution < -0.4 is 4.72 Å². The maximum atomic E-state index is 12.9. The first-order valence-electron chi connectivity index (χ1n) is 8.86. The van der Waals surface area contributed by atoms with E-state index in [1.165, 1.54) is 12.3 Å². The van der Waals surface area contributed by atoms with E-state index in [0.29, 0.717) is 22.6 Å². The summed E-state index contributed by atoms with van der Waals surface area (Å²) in [5.74, 6) is 0. The lowest BCUT2D eigenvalue weighted by atomic mass is 10.1. The van der Waals surface area contributed by atoms with Crippen LogP contribution in [0.3, 0.4) is 0 Å². The van der Waals surface area contributed by atoms with Crippen molar-refractivity contribution in [3.63, 3.8) is 0 Å². The molecule has 2 N–H and O–H groups in total. The van der Waals surface area contributed by atoms with E-state index in [2.05, 4.69) is 25.0 Å². The summed E-state index contributed by atoms with van der Waals surface area (Å²) >= 11 is 0. The molecule has 0 fully saturated rings. The molecule has 0 aliphatic carbocycles. The van der Waals surface area contributed by atoms with Crippen molar-refractivity contribution in [2.45, 2.75) is 4.90 Å². The second-order valence-electron chi connectivity index (χ2n) is 6.61. The van der Waals surface area contributed by atoms with Gasteiger partial charge in [0, 0.05) is 24.0 Å². The van der Waals surface area contributed by atoms with Crippen molar-refractivity contribution >= 4 is 37.5 Å². The Morgan fingerprint density at radius 1 is 1.00 bits per heavy atom. The van der Waals surface area contributed by atoms with Gasteiger partial charge in [-0.1, -0.05) is 30.3 Å². The number of rotatable bonds is 4. The average Bonchev–Trinajstić information content (AvgIpc) is 3.32. The van der Waals surface area contributed by atoms with Crippen molar-refractivity contribution in [1.82, 2.24) is 25.0 Å². The van der Waals surface area contributed by atoms with Crippen LogP contribution in [0.1, 0.15) is 0 Å². The molecule has 0 spiro atoms. The molecule has 0 atom stereocenters. The van der Waals surface area contributed by atoms with E-state index in [9.17, 15) is 8.42 Å². The van der Waals surface area contributed by atoms with Crippen LogP contribution >= 0.6 is 0 Å². The zero-order chi connectivity index (χ0) is 20.0. The third-order valence-electron chi connectivity index (χ3n) is 4.76. The van der Waals surface area contributed by atoms with Crippen LogP contribution in [-0.2, 0) is 17.1 Å². The number of para-hydroxylation sites is 2. The molecule has 8 nitrogen and oxygen atoms in total. The van der Waals surface area contributed by atoms with E-state index in [1.807, 2.05) is 30.3 Å². The number of fused-ring (bicyclic) bond motifs is 2. The van der Waals surface area contributed by atoms with Gasteiger partial charge in [-0.15, -0.1) is 0 Å². The van der Waals surface area contributed by atoms with Gasteiger partial charge in [0.2, 0.25) is 0 Å². The SMILES string of the molecule is Cn1ncc2cccc(NS(=O)(=O)c3ccc(-c4n[nH]c5ccccc45)nc3)c21. The maximum absolute atomic E-state index is 12.9. The number of benzene rings is 2. The molecule has 29 heavy (non-hydrogen) atoms. The summed E-state index contributed by atoms with van der Waals surface area (Å²) in [6.45, 7) is 0. The standard InChI is InChI=1S/C20H16N6O2S/c1-26-20-13(11-22-26)5-4-8-18(20)25-29(27,28)14-9-10-17(21-12-14)19-15-6-2-3-7-16(15)23-24-19/h2-12,25H,1H3,(H,23,24). The summed E-state index contributed by atoms with van der Waals surface area (Å²) in [6, 6.07) is 16.3. The lowest BCUT2D eigenvalue weighted by molar-refractivity contribution is 0.601. The number of aromatic amines is 1. The summed E-state index contributed by atoms with van der Waals surface area (Å²) < 4.78 is 30.0. The van der Waals surface area contributed by atoms with Crippen molar-refractivity contribution in [3.05, 3.63) is 67.0 Å². The Kier molecular flexibility index (Phi) is 3.85. The minimum atomic E-state index is -3.81. The molecule has 0 aliphatic heterocycles. The van der Waals surface area contributed by atoms with Crippen LogP contribution in [0.4, 0.5) is 5.69 Å². The lowest BCUT2D eigenvalue weighted by Gasteiger charge is -2.10. The Morgan fingerprint density at radius 3 is 2.69 bits per heavy atom. The number of H-pyrrole nitrogens is 1. The monoisotopic (exact) mass is 404 g/mol. The van der Waals surface area contributed by atoms with Gasteiger partial charge < -0.3 is 0 Å². The van der Waals surface area contributed by atoms with Crippen molar-refractivity contribution < 1.29 is 8.42 Å². The zero-order valence-corrected chi connectivity index (χ0v) is 16.2. The Bertz CT molecular complexity index is 1450. The number of aromatic nitrogens is 5. The van der Waals surface area contributed by atoms with Gasteiger partial charge in [-0.25, -0.2) is 8.42 Å². The van der Waals surface area contributed by atoms with E-state index >= 15 is 0 Å². The topological polar surface area (TPSA) is 106 Å². The Labute approximate surface area is 166 Å². The van der Waals surface area contributed by atoms with Gasteiger partial charge in [0.1, 0.15) is 10.6 Å². The van der Waals surface area contributed by atoms with Gasteiger partial charge in [-0.3, -0.25) is 19.5 Å². The molecular weight excluding hydrogens is 388 g/mol. The highest BCUT2D eigenvalue weighted by Crippen LogP contribution is 2.27. The second-order valence-corrected chi connectivity index (χ2v) is 8.30. The minimum Gasteiger partial charge on any atom is -0.277 e. The fourth-order valence-electron chi connectivity index (χ4n) is 3.36. The van der Waals surface area contributed by atoms with Gasteiger partial charge in [-0.2, -0.15) is 10.2 Å². The van der Waals surface area contributed by atoms with Crippen LogP contribution in [0.5, 0.6) is 0 Å². The number of nitrogens with zero attached hydrogens (tertiary/aromatic N) is 4. The van der Waals surface area contributed by atoms with Crippen LogP contribution in [-0.4, -0.2) is 33.4 Å². The quantitative estimate of drug-likeness (QED) is 0.478. The molecule has 5 rings (SSSR count). The Morgan fingerprint density at radius 2 is 1.86 bits per heavy atom. The van der Waals surface area contributed by atoms with E-state index in [1.54, 1.807) is 36.1 Å². The summed E-state index contributed by atoms with van der Waals surface area (Å²) in [4.78, 5) is 4.40. The number of nitrogens with one attached hydrogen (secondary N) is 2. The normalized spacial score (nSPS) is 11.9. The highest BCUT2D eigenvalue weighted by Gasteiger charge is 2.18. The smallest absolute Gasteiger partial charge is 0.263 e. The molecule has 9 heteroatoms. The van der Waals surface area contributed by atoms with Crippen molar-refractivity contribution in [1.29, 1.82) is 0 Å².